The predicted molar refractivity (Wildman–Crippen MR) is 135 cm³/mol. The lowest BCUT2D eigenvalue weighted by atomic mass is 9.95. The number of methoxy groups -OCH3 is 1. The minimum absolute atomic E-state index is 0.0503. The van der Waals surface area contributed by atoms with Gasteiger partial charge in [-0.1, -0.05) is 0 Å². The van der Waals surface area contributed by atoms with Gasteiger partial charge >= 0.3 is 6.18 Å². The molecule has 2 aromatic carbocycles. The van der Waals surface area contributed by atoms with E-state index in [-0.39, 0.29) is 23.2 Å². The van der Waals surface area contributed by atoms with Gasteiger partial charge in [-0.2, -0.15) is 18.3 Å². The van der Waals surface area contributed by atoms with Crippen LogP contribution < -0.4 is 27.2 Å². The number of hydrogen-bond acceptors (Lipinski definition) is 7. The van der Waals surface area contributed by atoms with Crippen molar-refractivity contribution < 1.29 is 17.9 Å². The number of nitrogens with zero attached hydrogens (tertiary/aromatic N) is 4. The highest BCUT2D eigenvalue weighted by Gasteiger charge is 2.32. The van der Waals surface area contributed by atoms with Crippen LogP contribution >= 0.6 is 0 Å². The maximum atomic E-state index is 13.2. The first-order valence-corrected chi connectivity index (χ1v) is 11.5. The lowest BCUT2D eigenvalue weighted by Crippen LogP contribution is -2.52. The minimum atomic E-state index is -4.52. The number of benzene rings is 2. The number of aromatic nitrogens is 2. The van der Waals surface area contributed by atoms with Gasteiger partial charge in [-0.05, 0) is 60.9 Å². The topological polar surface area (TPSA) is 124 Å². The lowest BCUT2D eigenvalue weighted by molar-refractivity contribution is -0.137. The number of nitrogens with one attached hydrogen (secondary N) is 1. The summed E-state index contributed by atoms with van der Waals surface area (Å²) in [6, 6.07) is 6.82. The molecule has 0 aliphatic carbocycles. The number of hydrazone groups is 1. The number of aryl methyl sites for hydroxylation is 2. The molecular formula is C25H28F3N7O2. The number of hydrogen-bond donors (Lipinski definition) is 3. The van der Waals surface area contributed by atoms with E-state index < -0.39 is 17.3 Å². The number of nitrogens with two attached hydrogens (primary N) is 2. The largest absolute Gasteiger partial charge is 0.495 e. The second kappa shape index (κ2) is 10.1. The van der Waals surface area contributed by atoms with Crippen molar-refractivity contribution in [2.75, 3.05) is 25.5 Å². The van der Waals surface area contributed by atoms with E-state index in [2.05, 4.69) is 20.3 Å². The molecule has 0 radical (unpaired) electrons. The van der Waals surface area contributed by atoms with Crippen LogP contribution in [-0.2, 0) is 12.7 Å². The number of likely N-dealkylation sites (tertiary alicyclic amines) is 1. The van der Waals surface area contributed by atoms with Crippen molar-refractivity contribution in [2.24, 2.45) is 22.6 Å². The van der Waals surface area contributed by atoms with Gasteiger partial charge in [-0.25, -0.2) is 4.98 Å². The van der Waals surface area contributed by atoms with Crippen LogP contribution in [0, 0.1) is 19.8 Å². The SMILES string of the molecule is COc1cc(C(F)(F)F)ccc1Nc1nccn(-c2cc(C)c(CN3CC(/C(N)=N/N)C3)c(C)c2)c1=O. The fraction of sp³-hybridized carbons (Fsp3) is 0.320. The summed E-state index contributed by atoms with van der Waals surface area (Å²) in [6.45, 7) is 6.26. The van der Waals surface area contributed by atoms with Gasteiger partial charge in [0.1, 0.15) is 11.6 Å². The van der Waals surface area contributed by atoms with Crippen LogP contribution in [0.4, 0.5) is 24.7 Å². The van der Waals surface area contributed by atoms with Crippen molar-refractivity contribution in [3.8, 4) is 11.4 Å². The molecule has 0 bridgehead atoms. The van der Waals surface area contributed by atoms with E-state index in [1.54, 1.807) is 6.20 Å². The van der Waals surface area contributed by atoms with Gasteiger partial charge < -0.3 is 21.6 Å². The molecule has 3 aromatic rings. The third kappa shape index (κ3) is 5.38. The first-order chi connectivity index (χ1) is 17.5. The maximum absolute atomic E-state index is 13.2. The van der Waals surface area contributed by atoms with Crippen LogP contribution in [0.25, 0.3) is 5.69 Å². The van der Waals surface area contributed by atoms with Gasteiger partial charge in [0.2, 0.25) is 0 Å². The maximum Gasteiger partial charge on any atom is 0.416 e. The highest BCUT2D eigenvalue weighted by atomic mass is 19.4. The summed E-state index contributed by atoms with van der Waals surface area (Å²) in [5.74, 6) is 5.77. The normalized spacial score (nSPS) is 14.9. The second-order valence-corrected chi connectivity index (χ2v) is 8.99. The molecule has 1 aromatic heterocycles. The van der Waals surface area contributed by atoms with Crippen molar-refractivity contribution >= 4 is 17.3 Å². The van der Waals surface area contributed by atoms with Gasteiger partial charge in [-0.15, -0.1) is 0 Å². The number of alkyl halides is 3. The van der Waals surface area contributed by atoms with Crippen molar-refractivity contribution in [1.29, 1.82) is 0 Å². The minimum Gasteiger partial charge on any atom is -0.495 e. The Bertz CT molecular complexity index is 1370. The van der Waals surface area contributed by atoms with Crippen molar-refractivity contribution in [3.05, 3.63) is 75.3 Å². The highest BCUT2D eigenvalue weighted by molar-refractivity contribution is 5.83. The van der Waals surface area contributed by atoms with E-state index in [1.807, 2.05) is 26.0 Å². The van der Waals surface area contributed by atoms with Crippen molar-refractivity contribution in [3.63, 3.8) is 0 Å². The summed E-state index contributed by atoms with van der Waals surface area (Å²) in [4.78, 5) is 19.6. The van der Waals surface area contributed by atoms with Crippen LogP contribution in [0.2, 0.25) is 0 Å². The molecule has 1 saturated heterocycles. The summed E-state index contributed by atoms with van der Waals surface area (Å²) in [7, 11) is 1.26. The predicted octanol–water partition coefficient (Wildman–Crippen LogP) is 3.28. The van der Waals surface area contributed by atoms with Gasteiger partial charge in [0.15, 0.2) is 5.82 Å². The Labute approximate surface area is 211 Å². The molecule has 4 rings (SSSR count). The molecule has 0 atom stereocenters. The van der Waals surface area contributed by atoms with E-state index >= 15 is 0 Å². The van der Waals surface area contributed by atoms with E-state index in [0.717, 1.165) is 48.5 Å². The highest BCUT2D eigenvalue weighted by Crippen LogP contribution is 2.35. The summed E-state index contributed by atoms with van der Waals surface area (Å²) in [5, 5.41) is 6.38. The van der Waals surface area contributed by atoms with Crippen LogP contribution in [0.15, 0.2) is 52.6 Å². The van der Waals surface area contributed by atoms with Crippen LogP contribution in [-0.4, -0.2) is 40.5 Å². The molecule has 1 fully saturated rings. The number of amidine groups is 1. The van der Waals surface area contributed by atoms with Gasteiger partial charge in [-0.3, -0.25) is 14.3 Å². The summed E-state index contributed by atoms with van der Waals surface area (Å²) < 4.78 is 45.7. The first kappa shape index (κ1) is 26.0. The Balaban J connectivity index is 1.58. The van der Waals surface area contributed by atoms with E-state index in [9.17, 15) is 18.0 Å². The molecule has 1 aliphatic heterocycles. The monoisotopic (exact) mass is 515 g/mol. The van der Waals surface area contributed by atoms with E-state index in [1.165, 1.54) is 23.9 Å². The molecule has 1 aliphatic rings. The molecular weight excluding hydrogens is 487 g/mol. The Hall–Kier alpha value is -4.06. The van der Waals surface area contributed by atoms with Crippen LogP contribution in [0.1, 0.15) is 22.3 Å². The van der Waals surface area contributed by atoms with Gasteiger partial charge in [0.05, 0.1) is 18.4 Å². The summed E-state index contributed by atoms with van der Waals surface area (Å²) in [5.41, 5.74) is 8.50. The Morgan fingerprint density at radius 3 is 2.49 bits per heavy atom. The van der Waals surface area contributed by atoms with Crippen molar-refractivity contribution in [1.82, 2.24) is 14.5 Å². The zero-order valence-electron chi connectivity index (χ0n) is 20.6. The Kier molecular flexibility index (Phi) is 7.12. The quantitative estimate of drug-likeness (QED) is 0.191. The van der Waals surface area contributed by atoms with Gasteiger partial charge in [0.25, 0.3) is 5.56 Å². The zero-order chi connectivity index (χ0) is 26.9. The molecule has 0 saturated carbocycles. The average Bonchev–Trinajstić information content (AvgIpc) is 2.82. The number of anilines is 2. The molecule has 196 valence electrons. The molecule has 5 N–H and O–H groups in total. The molecule has 12 heteroatoms. The third-order valence-electron chi connectivity index (χ3n) is 6.49. The molecule has 9 nitrogen and oxygen atoms in total. The molecule has 0 spiro atoms. The summed E-state index contributed by atoms with van der Waals surface area (Å²) in [6.07, 6.45) is -1.53. The second-order valence-electron chi connectivity index (χ2n) is 8.99. The fourth-order valence-electron chi connectivity index (χ4n) is 4.37. The average molecular weight is 516 g/mol. The summed E-state index contributed by atoms with van der Waals surface area (Å²) >= 11 is 0. The Morgan fingerprint density at radius 1 is 1.22 bits per heavy atom. The van der Waals surface area contributed by atoms with Gasteiger partial charge in [0, 0.05) is 43.6 Å². The Morgan fingerprint density at radius 2 is 1.89 bits per heavy atom. The standard InChI is InChI=1S/C25H28F3N7O2/c1-14-8-18(9-15(2)19(14)13-34-11-16(12-34)22(29)33-30)35-7-6-31-23(24(35)36)32-20-5-4-17(25(26,27)28)10-21(20)37-3/h4-10,16H,11-13,30H2,1-3H3,(H2,29,33)(H,31,32). The van der Waals surface area contributed by atoms with E-state index in [4.69, 9.17) is 16.3 Å². The first-order valence-electron chi connectivity index (χ1n) is 11.5. The van der Waals surface area contributed by atoms with Crippen LogP contribution in [0.3, 0.4) is 0 Å². The number of rotatable bonds is 7. The number of halogens is 3. The van der Waals surface area contributed by atoms with Crippen LogP contribution in [0.5, 0.6) is 5.75 Å². The fourth-order valence-corrected chi connectivity index (χ4v) is 4.37. The smallest absolute Gasteiger partial charge is 0.416 e. The van der Waals surface area contributed by atoms with E-state index in [0.29, 0.717) is 11.5 Å². The molecule has 2 heterocycles. The molecule has 0 amide bonds. The van der Waals surface area contributed by atoms with Crippen molar-refractivity contribution in [2.45, 2.75) is 26.6 Å². The lowest BCUT2D eigenvalue weighted by Gasteiger charge is -2.39. The third-order valence-corrected chi connectivity index (χ3v) is 6.49. The zero-order valence-corrected chi connectivity index (χ0v) is 20.6. The molecule has 37 heavy (non-hydrogen) atoms. The number of ether oxygens (including phenoxy) is 1. The molecule has 0 unspecified atom stereocenters.